The molecule has 0 bridgehead atoms. The summed E-state index contributed by atoms with van der Waals surface area (Å²) in [6.45, 7) is 19.1. The van der Waals surface area contributed by atoms with Crippen molar-refractivity contribution >= 4 is 41.5 Å². The number of carbonyl (C=O) groups is 4. The topological polar surface area (TPSA) is 139 Å². The fraction of sp³-hybridized carbons (Fsp3) is 0.629. The van der Waals surface area contributed by atoms with E-state index in [0.29, 0.717) is 34.4 Å². The maximum Gasteiger partial charge on any atom is 0.342 e. The molecule has 0 saturated heterocycles. The van der Waals surface area contributed by atoms with Crippen LogP contribution in [0.15, 0.2) is 21.8 Å². The molecule has 10 nitrogen and oxygen atoms in total. The van der Waals surface area contributed by atoms with Crippen molar-refractivity contribution in [2.75, 3.05) is 5.32 Å². The molecule has 45 heavy (non-hydrogen) atoms. The Kier molecular flexibility index (Phi) is 10.4. The average molecular weight is 623 g/mol. The lowest BCUT2D eigenvalue weighted by Crippen LogP contribution is -2.39. The number of esters is 2. The van der Waals surface area contributed by atoms with Crippen molar-refractivity contribution in [3.8, 4) is 0 Å². The number of allylic oxidation sites excluding steroid dienone is 1. The molecule has 246 valence electrons. The highest BCUT2D eigenvalue weighted by molar-refractivity contribution is 6.25. The van der Waals surface area contributed by atoms with Crippen molar-refractivity contribution in [1.29, 1.82) is 0 Å². The molecule has 0 radical (unpaired) electrons. The Morgan fingerprint density at radius 1 is 0.756 bits per heavy atom. The van der Waals surface area contributed by atoms with Gasteiger partial charge in [-0.05, 0) is 92.3 Å². The minimum Gasteiger partial charge on any atom is -0.458 e. The number of hydrogen-bond donors (Lipinski definition) is 3. The third-order valence-corrected chi connectivity index (χ3v) is 9.63. The number of nitrogens with zero attached hydrogens (tertiary/aromatic N) is 1. The van der Waals surface area contributed by atoms with Gasteiger partial charge in [-0.25, -0.2) is 14.6 Å². The minimum atomic E-state index is -0.530. The zero-order valence-electron chi connectivity index (χ0n) is 28.4. The smallest absolute Gasteiger partial charge is 0.342 e. The van der Waals surface area contributed by atoms with E-state index in [1.807, 2.05) is 0 Å². The molecule has 4 rings (SSSR count). The van der Waals surface area contributed by atoms with E-state index in [-0.39, 0.29) is 70.5 Å². The van der Waals surface area contributed by atoms with Gasteiger partial charge in [0.15, 0.2) is 0 Å². The van der Waals surface area contributed by atoms with Crippen molar-refractivity contribution in [2.45, 2.75) is 107 Å². The summed E-state index contributed by atoms with van der Waals surface area (Å²) < 4.78 is 12.2. The van der Waals surface area contributed by atoms with E-state index in [2.05, 4.69) is 62.2 Å². The molecule has 4 atom stereocenters. The third kappa shape index (κ3) is 7.59. The quantitative estimate of drug-likeness (QED) is 0.317. The first-order chi connectivity index (χ1) is 21.1. The van der Waals surface area contributed by atoms with Gasteiger partial charge in [0.1, 0.15) is 35.0 Å². The Morgan fingerprint density at radius 3 is 1.69 bits per heavy atom. The Hall–Kier alpha value is -3.69. The van der Waals surface area contributed by atoms with Gasteiger partial charge in [0.25, 0.3) is 0 Å². The molecule has 0 spiro atoms. The number of aromatic nitrogens is 1. The van der Waals surface area contributed by atoms with Crippen LogP contribution < -0.4 is 10.6 Å². The predicted molar refractivity (Wildman–Crippen MR) is 174 cm³/mol. The summed E-state index contributed by atoms with van der Waals surface area (Å²) in [5.41, 5.74) is 2.49. The van der Waals surface area contributed by atoms with Gasteiger partial charge in [0.2, 0.25) is 11.8 Å². The fourth-order valence-corrected chi connectivity index (χ4v) is 7.85. The summed E-state index contributed by atoms with van der Waals surface area (Å²) in [7, 11) is 0. The average Bonchev–Trinajstić information content (AvgIpc) is 3.37. The lowest BCUT2D eigenvalue weighted by Gasteiger charge is -2.37. The standard InChI is InChI=1S/C35H50N4O6/c1-16-11-18(3)30(19(4)12-16)44-34(42)28-22(7)26(38-32(28)36-24(9)40)15-27-23(8)29(33(39-27)37-25(10)41)35(43)45-31-20(5)13-17(2)14-21(31)6/h15-21,30-31,38H,11-14H2,1-10H3,(H,36,40)(H,37,39,41). The highest BCUT2D eigenvalue weighted by Crippen LogP contribution is 2.38. The van der Waals surface area contributed by atoms with Gasteiger partial charge >= 0.3 is 11.9 Å². The largest absolute Gasteiger partial charge is 0.458 e. The van der Waals surface area contributed by atoms with E-state index in [9.17, 15) is 19.2 Å². The molecule has 4 unspecified atom stereocenters. The van der Waals surface area contributed by atoms with Crippen LogP contribution in [0, 0.1) is 42.4 Å². The number of ether oxygens (including phenoxy) is 2. The minimum absolute atomic E-state index is 0.126. The van der Waals surface area contributed by atoms with Gasteiger partial charge in [-0.1, -0.05) is 41.5 Å². The van der Waals surface area contributed by atoms with E-state index in [4.69, 9.17) is 9.47 Å². The van der Waals surface area contributed by atoms with E-state index in [1.54, 1.807) is 19.9 Å². The molecule has 2 aliphatic carbocycles. The van der Waals surface area contributed by atoms with Crippen molar-refractivity contribution in [1.82, 2.24) is 10.3 Å². The predicted octanol–water partition coefficient (Wildman–Crippen LogP) is 6.33. The van der Waals surface area contributed by atoms with Gasteiger partial charge in [0, 0.05) is 19.5 Å². The first-order valence-corrected chi connectivity index (χ1v) is 16.3. The number of anilines is 1. The Balaban J connectivity index is 1.68. The number of amidine groups is 1. The summed E-state index contributed by atoms with van der Waals surface area (Å²) in [6.07, 6.45) is 5.15. The van der Waals surface area contributed by atoms with Crippen molar-refractivity contribution in [3.63, 3.8) is 0 Å². The number of carbonyl (C=O) groups excluding carboxylic acids is 4. The third-order valence-electron chi connectivity index (χ3n) is 9.63. The van der Waals surface area contributed by atoms with Crippen LogP contribution >= 0.6 is 0 Å². The number of hydrogen-bond acceptors (Lipinski definition) is 7. The van der Waals surface area contributed by atoms with Crippen LogP contribution in [0.1, 0.15) is 110 Å². The Bertz CT molecular complexity index is 1430. The molecular formula is C35H50N4O6. The normalized spacial score (nSPS) is 31.0. The molecule has 1 aliphatic heterocycles. The van der Waals surface area contributed by atoms with E-state index >= 15 is 0 Å². The molecule has 3 aliphatic rings. The van der Waals surface area contributed by atoms with Crippen molar-refractivity contribution in [2.24, 2.45) is 40.5 Å². The van der Waals surface area contributed by atoms with Gasteiger partial charge in [-0.15, -0.1) is 0 Å². The summed E-state index contributed by atoms with van der Waals surface area (Å²) >= 11 is 0. The van der Waals surface area contributed by atoms with Crippen LogP contribution in [0.2, 0.25) is 0 Å². The van der Waals surface area contributed by atoms with Crippen LogP contribution in [-0.4, -0.2) is 46.8 Å². The number of aliphatic imine (C=N–C) groups is 1. The van der Waals surface area contributed by atoms with Crippen LogP contribution in [-0.2, 0) is 23.9 Å². The number of rotatable bonds is 6. The Morgan fingerprint density at radius 2 is 1.22 bits per heavy atom. The van der Waals surface area contributed by atoms with Crippen LogP contribution in [0.3, 0.4) is 0 Å². The number of nitrogens with one attached hydrogen (secondary N) is 3. The van der Waals surface area contributed by atoms with Gasteiger partial charge in [-0.2, -0.15) is 0 Å². The molecule has 1 aromatic heterocycles. The second-order valence-corrected chi connectivity index (χ2v) is 14.1. The Labute approximate surface area is 266 Å². The van der Waals surface area contributed by atoms with Crippen LogP contribution in [0.4, 0.5) is 5.82 Å². The van der Waals surface area contributed by atoms with E-state index < -0.39 is 11.9 Å². The zero-order chi connectivity index (χ0) is 33.3. The van der Waals surface area contributed by atoms with Crippen molar-refractivity contribution in [3.05, 3.63) is 33.7 Å². The van der Waals surface area contributed by atoms with E-state index in [1.165, 1.54) is 13.8 Å². The van der Waals surface area contributed by atoms with Crippen LogP contribution in [0.25, 0.3) is 6.08 Å². The fourth-order valence-electron chi connectivity index (χ4n) is 7.85. The molecule has 2 fully saturated rings. The number of aromatic amines is 1. The monoisotopic (exact) mass is 622 g/mol. The molecule has 2 saturated carbocycles. The summed E-state index contributed by atoms with van der Waals surface area (Å²) in [5.74, 6) is 0.599. The van der Waals surface area contributed by atoms with Crippen molar-refractivity contribution < 1.29 is 28.7 Å². The maximum atomic E-state index is 13.6. The summed E-state index contributed by atoms with van der Waals surface area (Å²) in [4.78, 5) is 59.2. The van der Waals surface area contributed by atoms with Gasteiger partial charge in [0.05, 0.1) is 5.70 Å². The first-order valence-electron chi connectivity index (χ1n) is 16.3. The molecule has 3 N–H and O–H groups in total. The summed E-state index contributed by atoms with van der Waals surface area (Å²) in [5, 5.41) is 5.42. The first kappa shape index (κ1) is 34.2. The second-order valence-electron chi connectivity index (χ2n) is 14.1. The molecular weight excluding hydrogens is 572 g/mol. The highest BCUT2D eigenvalue weighted by Gasteiger charge is 2.38. The number of H-pyrrole nitrogens is 1. The molecule has 0 aromatic carbocycles. The summed E-state index contributed by atoms with van der Waals surface area (Å²) in [6, 6.07) is 0. The molecule has 1 aromatic rings. The lowest BCUT2D eigenvalue weighted by atomic mass is 9.75. The maximum absolute atomic E-state index is 13.6. The molecule has 2 heterocycles. The molecule has 2 amide bonds. The van der Waals surface area contributed by atoms with E-state index in [0.717, 1.165) is 25.7 Å². The van der Waals surface area contributed by atoms with Crippen LogP contribution in [0.5, 0.6) is 0 Å². The zero-order valence-corrected chi connectivity index (χ0v) is 28.4. The van der Waals surface area contributed by atoms with Gasteiger partial charge < -0.3 is 25.1 Å². The highest BCUT2D eigenvalue weighted by atomic mass is 16.5. The molecule has 10 heteroatoms. The SMILES string of the molecule is CC(=O)NC1=NC(=Cc2[nH]c(NC(C)=O)c(C(=O)OC3C(C)CC(C)CC3C)c2C)C(C)=C1C(=O)OC1C(C)CC(C)CC1C. The van der Waals surface area contributed by atoms with Gasteiger partial charge in [-0.3, -0.25) is 9.59 Å². The number of amides is 2. The second kappa shape index (κ2) is 13.7. The lowest BCUT2D eigenvalue weighted by molar-refractivity contribution is -0.152.